The van der Waals surface area contributed by atoms with E-state index in [1.54, 1.807) is 23.0 Å². The maximum Gasteiger partial charge on any atom is 0.123 e. The fourth-order valence-corrected chi connectivity index (χ4v) is 2.47. The summed E-state index contributed by atoms with van der Waals surface area (Å²) < 4.78 is 15.3. The summed E-state index contributed by atoms with van der Waals surface area (Å²) in [6.45, 7) is 5.07. The maximum atomic E-state index is 13.6. The van der Waals surface area contributed by atoms with Crippen molar-refractivity contribution in [2.24, 2.45) is 12.5 Å². The smallest absolute Gasteiger partial charge is 0.123 e. The maximum absolute atomic E-state index is 13.6. The minimum atomic E-state index is -0.247. The van der Waals surface area contributed by atoms with Gasteiger partial charge in [-0.05, 0) is 29.5 Å². The lowest BCUT2D eigenvalue weighted by Gasteiger charge is -2.28. The molecular weight excluding hydrogens is 281 g/mol. The third kappa shape index (κ3) is 4.39. The van der Waals surface area contributed by atoms with E-state index in [9.17, 15) is 4.39 Å². The monoisotopic (exact) mass is 305 g/mol. The molecule has 0 bridgehead atoms. The molecule has 1 heterocycles. The van der Waals surface area contributed by atoms with Crippen LogP contribution < -0.4 is 5.32 Å². The van der Waals surface area contributed by atoms with Gasteiger partial charge in [-0.3, -0.25) is 4.68 Å². The number of aryl methyl sites for hydroxylation is 1. The van der Waals surface area contributed by atoms with Gasteiger partial charge in [-0.25, -0.2) is 4.39 Å². The zero-order valence-corrected chi connectivity index (χ0v) is 13.4. The quantitative estimate of drug-likeness (QED) is 0.827. The van der Waals surface area contributed by atoms with Gasteiger partial charge in [0.25, 0.3) is 0 Å². The molecule has 4 nitrogen and oxygen atoms in total. The van der Waals surface area contributed by atoms with Crippen LogP contribution in [-0.2, 0) is 7.05 Å². The van der Waals surface area contributed by atoms with Crippen molar-refractivity contribution in [2.75, 3.05) is 13.2 Å². The second-order valence-corrected chi connectivity index (χ2v) is 6.45. The summed E-state index contributed by atoms with van der Waals surface area (Å²) in [5.41, 5.74) is 1.82. The second-order valence-electron chi connectivity index (χ2n) is 6.45. The van der Waals surface area contributed by atoms with Gasteiger partial charge in [0.05, 0.1) is 12.2 Å². The molecule has 2 N–H and O–H groups in total. The summed E-state index contributed by atoms with van der Waals surface area (Å²) in [4.78, 5) is 0. The van der Waals surface area contributed by atoms with Crippen LogP contribution in [0.5, 0.6) is 0 Å². The van der Waals surface area contributed by atoms with E-state index in [1.807, 2.05) is 19.3 Å². The Hall–Kier alpha value is -1.72. The van der Waals surface area contributed by atoms with Crippen LogP contribution in [0.3, 0.4) is 0 Å². The summed E-state index contributed by atoms with van der Waals surface area (Å²) in [5.74, 6) is -0.247. The van der Waals surface area contributed by atoms with E-state index in [0.29, 0.717) is 13.0 Å². The number of rotatable bonds is 7. The fourth-order valence-electron chi connectivity index (χ4n) is 2.47. The normalized spacial score (nSPS) is 13.3. The number of nitrogens with zero attached hydrogens (tertiary/aromatic N) is 2. The molecule has 2 rings (SSSR count). The van der Waals surface area contributed by atoms with E-state index in [2.05, 4.69) is 24.3 Å². The van der Waals surface area contributed by atoms with Crippen LogP contribution in [0.25, 0.3) is 0 Å². The molecule has 0 spiro atoms. The molecule has 1 aromatic heterocycles. The highest BCUT2D eigenvalue weighted by molar-refractivity contribution is 5.29. The van der Waals surface area contributed by atoms with E-state index in [4.69, 9.17) is 5.11 Å². The molecule has 0 aliphatic heterocycles. The Labute approximate surface area is 131 Å². The van der Waals surface area contributed by atoms with Gasteiger partial charge in [0, 0.05) is 32.0 Å². The lowest BCUT2D eigenvalue weighted by atomic mass is 9.88. The highest BCUT2D eigenvalue weighted by Gasteiger charge is 2.22. The number of hydrogen-bond acceptors (Lipinski definition) is 3. The van der Waals surface area contributed by atoms with Crippen LogP contribution in [0.4, 0.5) is 4.39 Å². The molecule has 1 aromatic carbocycles. The first-order valence-electron chi connectivity index (χ1n) is 7.49. The molecule has 0 saturated heterocycles. The van der Waals surface area contributed by atoms with Crippen molar-refractivity contribution in [3.05, 3.63) is 53.6 Å². The molecular formula is C17H24FN3O. The lowest BCUT2D eigenvalue weighted by Crippen LogP contribution is -2.33. The van der Waals surface area contributed by atoms with E-state index >= 15 is 0 Å². The van der Waals surface area contributed by atoms with Crippen molar-refractivity contribution in [2.45, 2.75) is 26.3 Å². The zero-order valence-electron chi connectivity index (χ0n) is 13.4. The summed E-state index contributed by atoms with van der Waals surface area (Å²) in [5, 5.41) is 16.8. The van der Waals surface area contributed by atoms with E-state index in [0.717, 1.165) is 11.1 Å². The van der Waals surface area contributed by atoms with Crippen LogP contribution >= 0.6 is 0 Å². The average Bonchev–Trinajstić information content (AvgIpc) is 2.85. The molecule has 0 aliphatic rings. The Balaban J connectivity index is 2.23. The van der Waals surface area contributed by atoms with Gasteiger partial charge in [-0.1, -0.05) is 26.0 Å². The van der Waals surface area contributed by atoms with Crippen molar-refractivity contribution < 1.29 is 9.50 Å². The van der Waals surface area contributed by atoms with Crippen molar-refractivity contribution in [1.29, 1.82) is 0 Å². The van der Waals surface area contributed by atoms with Crippen LogP contribution in [0, 0.1) is 11.2 Å². The van der Waals surface area contributed by atoms with Crippen molar-refractivity contribution in [3.8, 4) is 0 Å². The predicted molar refractivity (Wildman–Crippen MR) is 84.9 cm³/mol. The molecule has 5 heteroatoms. The minimum absolute atomic E-state index is 0.0392. The number of nitrogens with one attached hydrogen (secondary N) is 1. The van der Waals surface area contributed by atoms with Crippen LogP contribution in [0.1, 0.15) is 37.4 Å². The van der Waals surface area contributed by atoms with Crippen molar-refractivity contribution in [3.63, 3.8) is 0 Å². The van der Waals surface area contributed by atoms with E-state index in [1.165, 1.54) is 6.07 Å². The second kappa shape index (κ2) is 7.03. The van der Waals surface area contributed by atoms with Gasteiger partial charge in [0.1, 0.15) is 5.82 Å². The number of aliphatic hydroxyl groups is 1. The highest BCUT2D eigenvalue weighted by atomic mass is 19.1. The van der Waals surface area contributed by atoms with Crippen molar-refractivity contribution >= 4 is 0 Å². The number of halogens is 1. The summed E-state index contributed by atoms with van der Waals surface area (Å²) in [6.07, 6.45) is 4.44. The van der Waals surface area contributed by atoms with Crippen LogP contribution in [-0.4, -0.2) is 28.0 Å². The molecule has 1 unspecified atom stereocenters. The highest BCUT2D eigenvalue weighted by Crippen LogP contribution is 2.25. The Kier molecular flexibility index (Phi) is 5.32. The largest absolute Gasteiger partial charge is 0.396 e. The fraction of sp³-hybridized carbons (Fsp3) is 0.471. The number of aliphatic hydroxyl groups excluding tert-OH is 1. The van der Waals surface area contributed by atoms with E-state index in [-0.39, 0.29) is 23.9 Å². The molecule has 0 amide bonds. The molecule has 0 radical (unpaired) electrons. The first-order valence-corrected chi connectivity index (χ1v) is 7.49. The van der Waals surface area contributed by atoms with Gasteiger partial charge >= 0.3 is 0 Å². The van der Waals surface area contributed by atoms with E-state index < -0.39 is 0 Å². The predicted octanol–water partition coefficient (Wildman–Crippen LogP) is 2.65. The third-order valence-electron chi connectivity index (χ3n) is 3.81. The Morgan fingerprint density at radius 3 is 2.73 bits per heavy atom. The topological polar surface area (TPSA) is 50.1 Å². The zero-order chi connectivity index (χ0) is 16.2. The number of benzene rings is 1. The summed E-state index contributed by atoms with van der Waals surface area (Å²) in [7, 11) is 1.86. The molecule has 120 valence electrons. The number of hydrogen-bond donors (Lipinski definition) is 2. The van der Waals surface area contributed by atoms with Gasteiger partial charge < -0.3 is 10.4 Å². The lowest BCUT2D eigenvalue weighted by molar-refractivity contribution is 0.204. The van der Waals surface area contributed by atoms with Crippen LogP contribution in [0.15, 0.2) is 36.7 Å². The summed E-state index contributed by atoms with van der Waals surface area (Å²) >= 11 is 0. The standard InChI is InChI=1S/C17H24FN3O/c1-17(2,7-8-22)12-19-16(14-10-20-21(3)11-14)13-5-4-6-15(18)9-13/h4-6,9-11,16,19,22H,7-8,12H2,1-3H3. The Morgan fingerprint density at radius 1 is 1.36 bits per heavy atom. The first kappa shape index (κ1) is 16.6. The average molecular weight is 305 g/mol. The van der Waals surface area contributed by atoms with Crippen LogP contribution in [0.2, 0.25) is 0 Å². The molecule has 0 aliphatic carbocycles. The minimum Gasteiger partial charge on any atom is -0.396 e. The molecule has 0 saturated carbocycles. The summed E-state index contributed by atoms with van der Waals surface area (Å²) in [6, 6.07) is 6.49. The molecule has 2 aromatic rings. The molecule has 22 heavy (non-hydrogen) atoms. The molecule has 0 fully saturated rings. The van der Waals surface area contributed by atoms with Gasteiger partial charge in [0.2, 0.25) is 0 Å². The van der Waals surface area contributed by atoms with Crippen molar-refractivity contribution in [1.82, 2.24) is 15.1 Å². The van der Waals surface area contributed by atoms with Gasteiger partial charge in [0.15, 0.2) is 0 Å². The van der Waals surface area contributed by atoms with Gasteiger partial charge in [-0.15, -0.1) is 0 Å². The number of aromatic nitrogens is 2. The van der Waals surface area contributed by atoms with Gasteiger partial charge in [-0.2, -0.15) is 5.10 Å². The molecule has 1 atom stereocenters. The Bertz CT molecular complexity index is 609. The Morgan fingerprint density at radius 2 is 2.14 bits per heavy atom. The third-order valence-corrected chi connectivity index (χ3v) is 3.81. The first-order chi connectivity index (χ1) is 10.4. The SMILES string of the molecule is Cn1cc(C(NCC(C)(C)CCO)c2cccc(F)c2)cn1.